The molecule has 3 N–H and O–H groups in total. The highest BCUT2D eigenvalue weighted by atomic mass is 19.1. The van der Waals surface area contributed by atoms with Gasteiger partial charge in [0.25, 0.3) is 0 Å². The van der Waals surface area contributed by atoms with E-state index in [2.05, 4.69) is 20.3 Å². The molecule has 0 radical (unpaired) electrons. The molecule has 6 heteroatoms. The number of rotatable bonds is 1. The van der Waals surface area contributed by atoms with Crippen molar-refractivity contribution in [2.75, 3.05) is 12.4 Å². The summed E-state index contributed by atoms with van der Waals surface area (Å²) in [5.41, 5.74) is 1.49. The van der Waals surface area contributed by atoms with Crippen LogP contribution in [0, 0.1) is 5.82 Å². The van der Waals surface area contributed by atoms with Crippen molar-refractivity contribution in [1.82, 2.24) is 15.0 Å². The first-order valence-corrected chi connectivity index (χ1v) is 6.07. The van der Waals surface area contributed by atoms with Crippen molar-refractivity contribution in [2.24, 2.45) is 0 Å². The van der Waals surface area contributed by atoms with E-state index in [0.717, 1.165) is 5.52 Å². The summed E-state index contributed by atoms with van der Waals surface area (Å²) in [5, 5.41) is 4.28. The SMILES string of the molecule is CC.CNc1cc(F)cc2c1[nH]c1[nH]c(=O)ncc12. The highest BCUT2D eigenvalue weighted by molar-refractivity contribution is 6.09. The normalized spacial score (nSPS) is 10.3. The van der Waals surface area contributed by atoms with E-state index in [4.69, 9.17) is 0 Å². The fourth-order valence-corrected chi connectivity index (χ4v) is 1.97. The zero-order chi connectivity index (χ0) is 14.0. The number of aromatic nitrogens is 3. The second-order valence-electron chi connectivity index (χ2n) is 3.73. The summed E-state index contributed by atoms with van der Waals surface area (Å²) >= 11 is 0. The molecule has 0 fully saturated rings. The summed E-state index contributed by atoms with van der Waals surface area (Å²) in [6.07, 6.45) is 1.44. The van der Waals surface area contributed by atoms with E-state index >= 15 is 0 Å². The van der Waals surface area contributed by atoms with Gasteiger partial charge in [-0.25, -0.2) is 14.2 Å². The van der Waals surface area contributed by atoms with Gasteiger partial charge < -0.3 is 10.3 Å². The van der Waals surface area contributed by atoms with Gasteiger partial charge in [0.15, 0.2) is 0 Å². The van der Waals surface area contributed by atoms with Crippen LogP contribution >= 0.6 is 0 Å². The summed E-state index contributed by atoms with van der Waals surface area (Å²) in [6.45, 7) is 4.00. The van der Waals surface area contributed by atoms with Crippen LogP contribution in [0.5, 0.6) is 0 Å². The molecule has 0 aliphatic carbocycles. The molecule has 0 atom stereocenters. The van der Waals surface area contributed by atoms with Gasteiger partial charge in [0.1, 0.15) is 11.5 Å². The third-order valence-electron chi connectivity index (χ3n) is 2.72. The Morgan fingerprint density at radius 3 is 2.63 bits per heavy atom. The first-order chi connectivity index (χ1) is 9.19. The van der Waals surface area contributed by atoms with Crippen LogP contribution in [0.25, 0.3) is 21.9 Å². The van der Waals surface area contributed by atoms with Gasteiger partial charge in [0, 0.05) is 24.0 Å². The van der Waals surface area contributed by atoms with Gasteiger partial charge >= 0.3 is 5.69 Å². The van der Waals surface area contributed by atoms with Crippen LogP contribution in [0.2, 0.25) is 0 Å². The smallest absolute Gasteiger partial charge is 0.346 e. The van der Waals surface area contributed by atoms with E-state index in [1.165, 1.54) is 18.3 Å². The third-order valence-corrected chi connectivity index (χ3v) is 2.72. The second-order valence-corrected chi connectivity index (χ2v) is 3.73. The van der Waals surface area contributed by atoms with E-state index in [9.17, 15) is 9.18 Å². The zero-order valence-electron chi connectivity index (χ0n) is 11.0. The minimum absolute atomic E-state index is 0.339. The van der Waals surface area contributed by atoms with Crippen molar-refractivity contribution < 1.29 is 4.39 Å². The fourth-order valence-electron chi connectivity index (χ4n) is 1.97. The number of fused-ring (bicyclic) bond motifs is 3. The molecule has 5 nitrogen and oxygen atoms in total. The molecule has 100 valence electrons. The third kappa shape index (κ3) is 2.16. The quantitative estimate of drug-likeness (QED) is 0.631. The lowest BCUT2D eigenvalue weighted by molar-refractivity contribution is 0.630. The van der Waals surface area contributed by atoms with Crippen molar-refractivity contribution in [1.29, 1.82) is 0 Å². The summed E-state index contributed by atoms with van der Waals surface area (Å²) in [6, 6.07) is 2.80. The molecule has 0 aliphatic heterocycles. The molecular formula is C13H15FN4O. The number of nitrogens with zero attached hydrogens (tertiary/aromatic N) is 1. The number of halogens is 1. The molecule has 19 heavy (non-hydrogen) atoms. The topological polar surface area (TPSA) is 73.6 Å². The Labute approximate surface area is 108 Å². The van der Waals surface area contributed by atoms with Crippen LogP contribution in [0.1, 0.15) is 13.8 Å². The summed E-state index contributed by atoms with van der Waals surface area (Å²) in [7, 11) is 1.71. The fraction of sp³-hybridized carbons (Fsp3) is 0.231. The Balaban J connectivity index is 0.000000637. The Kier molecular flexibility index (Phi) is 3.50. The van der Waals surface area contributed by atoms with E-state index in [1.807, 2.05) is 13.8 Å². The largest absolute Gasteiger partial charge is 0.386 e. The molecule has 2 heterocycles. The first kappa shape index (κ1) is 13.1. The van der Waals surface area contributed by atoms with Gasteiger partial charge in [-0.2, -0.15) is 0 Å². The summed E-state index contributed by atoms with van der Waals surface area (Å²) in [5.74, 6) is -0.339. The minimum Gasteiger partial charge on any atom is -0.386 e. The molecule has 3 aromatic rings. The van der Waals surface area contributed by atoms with Gasteiger partial charge in [-0.15, -0.1) is 0 Å². The molecule has 0 saturated carbocycles. The number of nitrogens with one attached hydrogen (secondary N) is 3. The van der Waals surface area contributed by atoms with E-state index in [0.29, 0.717) is 22.1 Å². The minimum atomic E-state index is -0.435. The monoisotopic (exact) mass is 262 g/mol. The summed E-state index contributed by atoms with van der Waals surface area (Å²) in [4.78, 5) is 20.4. The summed E-state index contributed by atoms with van der Waals surface area (Å²) < 4.78 is 13.4. The Morgan fingerprint density at radius 1 is 1.21 bits per heavy atom. The lowest BCUT2D eigenvalue weighted by Gasteiger charge is -2.01. The van der Waals surface area contributed by atoms with Crippen molar-refractivity contribution in [3.8, 4) is 0 Å². The van der Waals surface area contributed by atoms with Crippen LogP contribution in [0.15, 0.2) is 23.1 Å². The predicted molar refractivity (Wildman–Crippen MR) is 75.1 cm³/mol. The average molecular weight is 262 g/mol. The van der Waals surface area contributed by atoms with Crippen molar-refractivity contribution in [3.05, 3.63) is 34.6 Å². The van der Waals surface area contributed by atoms with E-state index in [-0.39, 0.29) is 5.82 Å². The maximum absolute atomic E-state index is 13.4. The predicted octanol–water partition coefficient (Wildman–Crippen LogP) is 2.61. The number of hydrogen-bond acceptors (Lipinski definition) is 3. The molecule has 0 aliphatic rings. The highest BCUT2D eigenvalue weighted by Crippen LogP contribution is 2.29. The van der Waals surface area contributed by atoms with Gasteiger partial charge in [-0.1, -0.05) is 13.8 Å². The number of aromatic amines is 2. The molecule has 0 saturated heterocycles. The Morgan fingerprint density at radius 2 is 1.95 bits per heavy atom. The van der Waals surface area contributed by atoms with Crippen molar-refractivity contribution >= 4 is 27.6 Å². The molecule has 0 bridgehead atoms. The van der Waals surface area contributed by atoms with Gasteiger partial charge in [-0.05, 0) is 12.1 Å². The Bertz CT molecular complexity index is 775. The highest BCUT2D eigenvalue weighted by Gasteiger charge is 2.10. The van der Waals surface area contributed by atoms with Crippen LogP contribution in [0.4, 0.5) is 10.1 Å². The molecule has 1 aromatic carbocycles. The zero-order valence-corrected chi connectivity index (χ0v) is 11.0. The number of H-pyrrole nitrogens is 2. The van der Waals surface area contributed by atoms with Crippen LogP contribution in [-0.4, -0.2) is 22.0 Å². The van der Waals surface area contributed by atoms with E-state index < -0.39 is 5.69 Å². The Hall–Kier alpha value is -2.37. The molecule has 0 spiro atoms. The molecule has 0 amide bonds. The average Bonchev–Trinajstić information content (AvgIpc) is 2.77. The second kappa shape index (κ2) is 5.09. The first-order valence-electron chi connectivity index (χ1n) is 6.07. The van der Waals surface area contributed by atoms with Crippen molar-refractivity contribution in [2.45, 2.75) is 13.8 Å². The van der Waals surface area contributed by atoms with E-state index in [1.54, 1.807) is 7.05 Å². The number of benzene rings is 1. The molecule has 2 aromatic heterocycles. The standard InChI is InChI=1S/C11H9FN4O.C2H6/c1-13-8-3-5(12)2-6-7-4-14-11(17)16-10(7)15-9(6)8;1-2/h2-4,13H,1H3,(H2,14,15,16,17);1-2H3. The molecular weight excluding hydrogens is 247 g/mol. The lowest BCUT2D eigenvalue weighted by atomic mass is 10.2. The molecule has 3 rings (SSSR count). The number of hydrogen-bond donors (Lipinski definition) is 3. The maximum Gasteiger partial charge on any atom is 0.346 e. The van der Waals surface area contributed by atoms with Crippen LogP contribution in [-0.2, 0) is 0 Å². The van der Waals surface area contributed by atoms with Gasteiger partial charge in [-0.3, -0.25) is 4.98 Å². The van der Waals surface area contributed by atoms with Crippen molar-refractivity contribution in [3.63, 3.8) is 0 Å². The van der Waals surface area contributed by atoms with Crippen LogP contribution < -0.4 is 11.0 Å². The van der Waals surface area contributed by atoms with Crippen LogP contribution in [0.3, 0.4) is 0 Å². The van der Waals surface area contributed by atoms with Gasteiger partial charge in [0.2, 0.25) is 0 Å². The number of anilines is 1. The maximum atomic E-state index is 13.4. The lowest BCUT2D eigenvalue weighted by Crippen LogP contribution is -2.07. The molecule has 0 unspecified atom stereocenters. The van der Waals surface area contributed by atoms with Gasteiger partial charge in [0.05, 0.1) is 11.2 Å².